The summed E-state index contributed by atoms with van der Waals surface area (Å²) in [6.45, 7) is 7.91. The van der Waals surface area contributed by atoms with Crippen molar-refractivity contribution in [1.82, 2.24) is 19.3 Å². The Morgan fingerprint density at radius 1 is 1.15 bits per heavy atom. The van der Waals surface area contributed by atoms with Crippen LogP contribution < -0.4 is 9.64 Å². The second-order valence-electron chi connectivity index (χ2n) is 9.75. The van der Waals surface area contributed by atoms with Crippen LogP contribution in [-0.2, 0) is 0 Å². The molecule has 3 aromatic rings. The van der Waals surface area contributed by atoms with E-state index >= 15 is 0 Å². The normalized spacial score (nSPS) is 24.6. The van der Waals surface area contributed by atoms with Crippen LogP contribution in [0.2, 0.25) is 0 Å². The Bertz CT molecular complexity index is 1270. The molecular weight excluding hydrogens is 430 g/mol. The number of hydrogen-bond donors (Lipinski definition) is 2. The Morgan fingerprint density at radius 3 is 2.88 bits per heavy atom. The summed E-state index contributed by atoms with van der Waals surface area (Å²) in [7, 11) is 0. The molecule has 8 heteroatoms. The van der Waals surface area contributed by atoms with Crippen LogP contribution in [0, 0.1) is 19.8 Å². The number of benzene rings is 1. The zero-order chi connectivity index (χ0) is 23.4. The van der Waals surface area contributed by atoms with Crippen molar-refractivity contribution in [3.05, 3.63) is 53.2 Å². The Hall–Kier alpha value is -2.94. The predicted molar refractivity (Wildman–Crippen MR) is 131 cm³/mol. The van der Waals surface area contributed by atoms with Crippen molar-refractivity contribution >= 4 is 23.0 Å². The molecule has 2 aromatic heterocycles. The number of piperidine rings is 1. The Balaban J connectivity index is 1.28. The van der Waals surface area contributed by atoms with Gasteiger partial charge in [-0.2, -0.15) is 0 Å². The molecule has 3 atom stereocenters. The maximum absolute atomic E-state index is 10.8. The van der Waals surface area contributed by atoms with Crippen molar-refractivity contribution in [1.29, 1.82) is 0 Å². The first-order valence-electron chi connectivity index (χ1n) is 12.1. The lowest BCUT2D eigenvalue weighted by Gasteiger charge is -2.36. The fourth-order valence-electron chi connectivity index (χ4n) is 5.90. The van der Waals surface area contributed by atoms with Gasteiger partial charge in [-0.25, -0.2) is 4.98 Å². The number of likely N-dealkylation sites (tertiary alicyclic amines) is 1. The van der Waals surface area contributed by atoms with Crippen LogP contribution in [0.3, 0.4) is 0 Å². The van der Waals surface area contributed by atoms with Crippen LogP contribution >= 0.6 is 0 Å². The van der Waals surface area contributed by atoms with Gasteiger partial charge >= 0.3 is 0 Å². The lowest BCUT2D eigenvalue weighted by atomic mass is 9.92. The number of aliphatic hydroxyl groups is 2. The smallest absolute Gasteiger partial charge is 0.226 e. The van der Waals surface area contributed by atoms with Crippen molar-refractivity contribution < 1.29 is 14.9 Å². The van der Waals surface area contributed by atoms with Crippen molar-refractivity contribution in [2.24, 2.45) is 5.92 Å². The van der Waals surface area contributed by atoms with Gasteiger partial charge in [0.25, 0.3) is 0 Å². The highest BCUT2D eigenvalue weighted by molar-refractivity contribution is 5.86. The molecule has 2 saturated heterocycles. The standard InChI is InChI=1S/C26H31N5O3/c1-16-12-31-14-22(28-25(31)17(2)27-16)21-10-18-5-6-20(11-24(18)34-26(21)33)30-13-19-4-3-7-29(8-9-32)23(19)15-30/h5-6,10-12,14,19,23,26,32-33H,3-4,7-9,13,15H2,1-2H3/t19-,23+,26?/m1/s1. The maximum Gasteiger partial charge on any atom is 0.226 e. The molecule has 2 fully saturated rings. The number of imidazole rings is 1. The van der Waals surface area contributed by atoms with E-state index in [-0.39, 0.29) is 6.61 Å². The van der Waals surface area contributed by atoms with Crippen LogP contribution in [-0.4, -0.2) is 74.6 Å². The van der Waals surface area contributed by atoms with Crippen LogP contribution in [0.4, 0.5) is 5.69 Å². The third-order valence-electron chi connectivity index (χ3n) is 7.48. The van der Waals surface area contributed by atoms with Crippen molar-refractivity contribution in [3.63, 3.8) is 0 Å². The van der Waals surface area contributed by atoms with Crippen molar-refractivity contribution in [2.45, 2.75) is 39.0 Å². The summed E-state index contributed by atoms with van der Waals surface area (Å²) < 4.78 is 7.93. The number of rotatable bonds is 4. The average molecular weight is 462 g/mol. The summed E-state index contributed by atoms with van der Waals surface area (Å²) in [5.41, 5.74) is 5.93. The van der Waals surface area contributed by atoms with E-state index in [1.165, 1.54) is 12.8 Å². The fraction of sp³-hybridized carbons (Fsp3) is 0.462. The molecule has 1 aromatic carbocycles. The molecule has 0 spiro atoms. The van der Waals surface area contributed by atoms with Gasteiger partial charge in [-0.1, -0.05) is 0 Å². The number of fused-ring (bicyclic) bond motifs is 3. The van der Waals surface area contributed by atoms with Gasteiger partial charge in [0.2, 0.25) is 6.29 Å². The van der Waals surface area contributed by atoms with Crippen LogP contribution in [0.1, 0.15) is 35.5 Å². The molecule has 0 aliphatic carbocycles. The van der Waals surface area contributed by atoms with E-state index in [1.807, 2.05) is 42.8 Å². The molecule has 0 bridgehead atoms. The number of aliphatic hydroxyl groups excluding tert-OH is 2. The minimum Gasteiger partial charge on any atom is -0.460 e. The van der Waals surface area contributed by atoms with E-state index in [2.05, 4.69) is 26.9 Å². The van der Waals surface area contributed by atoms with E-state index in [9.17, 15) is 10.2 Å². The molecule has 34 heavy (non-hydrogen) atoms. The Morgan fingerprint density at radius 2 is 2.03 bits per heavy atom. The minimum atomic E-state index is -1.08. The number of hydrogen-bond acceptors (Lipinski definition) is 7. The van der Waals surface area contributed by atoms with E-state index < -0.39 is 6.29 Å². The largest absolute Gasteiger partial charge is 0.460 e. The molecule has 0 radical (unpaired) electrons. The highest BCUT2D eigenvalue weighted by atomic mass is 16.6. The van der Waals surface area contributed by atoms with Gasteiger partial charge in [-0.3, -0.25) is 9.88 Å². The number of anilines is 1. The molecular formula is C26H31N5O3. The summed E-state index contributed by atoms with van der Waals surface area (Å²) >= 11 is 0. The van der Waals surface area contributed by atoms with Gasteiger partial charge in [0, 0.05) is 61.0 Å². The van der Waals surface area contributed by atoms with Gasteiger partial charge in [-0.15, -0.1) is 0 Å². The van der Waals surface area contributed by atoms with Gasteiger partial charge in [0.1, 0.15) is 5.75 Å². The first kappa shape index (κ1) is 21.6. The molecule has 1 unspecified atom stereocenters. The van der Waals surface area contributed by atoms with Crippen molar-refractivity contribution in [2.75, 3.05) is 37.7 Å². The number of aryl methyl sites for hydroxylation is 2. The van der Waals surface area contributed by atoms with E-state index in [4.69, 9.17) is 9.72 Å². The number of β-amino-alcohol motifs (C(OH)–C–C–N with tert-alkyl or cyclic N) is 1. The Kier molecular flexibility index (Phi) is 5.32. The summed E-state index contributed by atoms with van der Waals surface area (Å²) in [6, 6.07) is 6.74. The third kappa shape index (κ3) is 3.66. The van der Waals surface area contributed by atoms with E-state index in [0.717, 1.165) is 54.5 Å². The monoisotopic (exact) mass is 461 g/mol. The van der Waals surface area contributed by atoms with Crippen LogP contribution in [0.15, 0.2) is 30.6 Å². The zero-order valence-electron chi connectivity index (χ0n) is 19.7. The molecule has 3 aliphatic heterocycles. The summed E-state index contributed by atoms with van der Waals surface area (Å²) in [5, 5.41) is 20.3. The van der Waals surface area contributed by atoms with Gasteiger partial charge in [-0.05, 0) is 57.4 Å². The summed E-state index contributed by atoms with van der Waals surface area (Å²) in [5.74, 6) is 1.32. The molecule has 0 saturated carbocycles. The van der Waals surface area contributed by atoms with Gasteiger partial charge < -0.3 is 24.3 Å². The third-order valence-corrected chi connectivity index (χ3v) is 7.48. The summed E-state index contributed by atoms with van der Waals surface area (Å²) in [4.78, 5) is 14.1. The Labute approximate surface area is 199 Å². The molecule has 2 N–H and O–H groups in total. The quantitative estimate of drug-likeness (QED) is 0.617. The topological polar surface area (TPSA) is 86.4 Å². The first-order chi connectivity index (χ1) is 16.5. The van der Waals surface area contributed by atoms with Crippen LogP contribution in [0.5, 0.6) is 5.75 Å². The lowest BCUT2D eigenvalue weighted by molar-refractivity contribution is 0.0318. The molecule has 3 aliphatic rings. The fourth-order valence-corrected chi connectivity index (χ4v) is 5.90. The molecule has 6 rings (SSSR count). The SMILES string of the molecule is Cc1cn2cc(C3=Cc4ccc(N5C[C@H]6CCCN(CCO)[C@H]6C5)cc4OC3O)nc2c(C)n1. The zero-order valence-corrected chi connectivity index (χ0v) is 19.7. The second-order valence-corrected chi connectivity index (χ2v) is 9.75. The van der Waals surface area contributed by atoms with Crippen molar-refractivity contribution in [3.8, 4) is 5.75 Å². The lowest BCUT2D eigenvalue weighted by Crippen LogP contribution is -2.46. The van der Waals surface area contributed by atoms with Crippen LogP contribution in [0.25, 0.3) is 17.3 Å². The van der Waals surface area contributed by atoms with Gasteiger partial charge in [0.05, 0.1) is 23.7 Å². The maximum atomic E-state index is 10.8. The van der Waals surface area contributed by atoms with E-state index in [1.54, 1.807) is 0 Å². The minimum absolute atomic E-state index is 0.213. The highest BCUT2D eigenvalue weighted by Gasteiger charge is 2.39. The summed E-state index contributed by atoms with van der Waals surface area (Å²) in [6.07, 6.45) is 7.17. The average Bonchev–Trinajstić information content (AvgIpc) is 3.43. The molecule has 8 nitrogen and oxygen atoms in total. The number of nitrogens with zero attached hydrogens (tertiary/aromatic N) is 5. The first-order valence-corrected chi connectivity index (χ1v) is 12.1. The van der Waals surface area contributed by atoms with E-state index in [0.29, 0.717) is 29.0 Å². The molecule has 0 amide bonds. The van der Waals surface area contributed by atoms with Gasteiger partial charge in [0.15, 0.2) is 5.65 Å². The number of aromatic nitrogens is 3. The number of ether oxygens (including phenoxy) is 1. The second kappa shape index (κ2) is 8.37. The molecule has 178 valence electrons. The predicted octanol–water partition coefficient (Wildman–Crippen LogP) is 2.49. The molecule has 5 heterocycles. The highest BCUT2D eigenvalue weighted by Crippen LogP contribution is 2.39.